The smallest absolute Gasteiger partial charge is 0.263 e. The van der Waals surface area contributed by atoms with Gasteiger partial charge in [-0.1, -0.05) is 36.4 Å². The SMILES string of the molecule is COc1cc(CF)ccc1-c1cccc2cc(S(=O)(=O)Nc3nccs3)ccc12. The second kappa shape index (κ2) is 7.81. The zero-order chi connectivity index (χ0) is 20.4. The van der Waals surface area contributed by atoms with Crippen LogP contribution in [-0.4, -0.2) is 20.5 Å². The van der Waals surface area contributed by atoms with Crippen LogP contribution in [0.3, 0.4) is 0 Å². The molecule has 0 aliphatic heterocycles. The van der Waals surface area contributed by atoms with Crippen molar-refractivity contribution in [3.8, 4) is 16.9 Å². The first kappa shape index (κ1) is 19.4. The number of thiazole rings is 1. The van der Waals surface area contributed by atoms with Gasteiger partial charge in [0, 0.05) is 17.1 Å². The molecule has 0 unspecified atom stereocenters. The number of benzene rings is 3. The van der Waals surface area contributed by atoms with Crippen molar-refractivity contribution >= 4 is 37.3 Å². The van der Waals surface area contributed by atoms with Gasteiger partial charge in [0.15, 0.2) is 5.13 Å². The molecule has 0 atom stereocenters. The van der Waals surface area contributed by atoms with Gasteiger partial charge in [-0.3, -0.25) is 4.72 Å². The molecule has 0 saturated heterocycles. The van der Waals surface area contributed by atoms with Crippen LogP contribution in [0.25, 0.3) is 21.9 Å². The van der Waals surface area contributed by atoms with E-state index in [4.69, 9.17) is 4.74 Å². The maximum atomic E-state index is 13.0. The monoisotopic (exact) mass is 428 g/mol. The molecule has 4 rings (SSSR count). The molecule has 0 spiro atoms. The van der Waals surface area contributed by atoms with Crippen LogP contribution in [0.15, 0.2) is 71.1 Å². The molecule has 0 aliphatic rings. The molecule has 1 aromatic heterocycles. The fourth-order valence-electron chi connectivity index (χ4n) is 3.15. The molecule has 0 aliphatic carbocycles. The van der Waals surface area contributed by atoms with Crippen molar-refractivity contribution < 1.29 is 17.5 Å². The third kappa shape index (κ3) is 3.81. The molecule has 29 heavy (non-hydrogen) atoms. The third-order valence-electron chi connectivity index (χ3n) is 4.53. The summed E-state index contributed by atoms with van der Waals surface area (Å²) in [5, 5.41) is 3.65. The molecule has 3 aromatic carbocycles. The lowest BCUT2D eigenvalue weighted by Crippen LogP contribution is -2.12. The first-order chi connectivity index (χ1) is 14.0. The molecular weight excluding hydrogens is 411 g/mol. The van der Waals surface area contributed by atoms with Crippen LogP contribution in [0, 0.1) is 0 Å². The van der Waals surface area contributed by atoms with Crippen molar-refractivity contribution in [2.24, 2.45) is 0 Å². The Morgan fingerprint density at radius 3 is 2.69 bits per heavy atom. The van der Waals surface area contributed by atoms with Crippen molar-refractivity contribution in [2.75, 3.05) is 11.8 Å². The van der Waals surface area contributed by atoms with E-state index in [9.17, 15) is 12.8 Å². The average Bonchev–Trinajstić information content (AvgIpc) is 3.24. The highest BCUT2D eigenvalue weighted by Gasteiger charge is 2.17. The highest BCUT2D eigenvalue weighted by atomic mass is 32.2. The van der Waals surface area contributed by atoms with Crippen LogP contribution in [0.4, 0.5) is 9.52 Å². The average molecular weight is 429 g/mol. The summed E-state index contributed by atoms with van der Waals surface area (Å²) in [5.41, 5.74) is 2.22. The predicted octanol–water partition coefficient (Wildman–Crippen LogP) is 5.24. The minimum Gasteiger partial charge on any atom is -0.496 e. The van der Waals surface area contributed by atoms with Gasteiger partial charge in [-0.25, -0.2) is 17.8 Å². The highest BCUT2D eigenvalue weighted by Crippen LogP contribution is 2.36. The van der Waals surface area contributed by atoms with Crippen LogP contribution >= 0.6 is 11.3 Å². The van der Waals surface area contributed by atoms with Gasteiger partial charge >= 0.3 is 0 Å². The van der Waals surface area contributed by atoms with E-state index in [0.717, 1.165) is 21.9 Å². The molecule has 8 heteroatoms. The number of rotatable bonds is 6. The molecule has 1 heterocycles. The summed E-state index contributed by atoms with van der Waals surface area (Å²) in [6.45, 7) is -0.570. The molecule has 0 bridgehead atoms. The molecule has 0 amide bonds. The number of methoxy groups -OCH3 is 1. The van der Waals surface area contributed by atoms with Crippen molar-refractivity contribution in [1.29, 1.82) is 0 Å². The molecule has 5 nitrogen and oxygen atoms in total. The lowest BCUT2D eigenvalue weighted by atomic mass is 9.97. The fraction of sp³-hybridized carbons (Fsp3) is 0.0952. The lowest BCUT2D eigenvalue weighted by molar-refractivity contribution is 0.413. The summed E-state index contributed by atoms with van der Waals surface area (Å²) < 4.78 is 46.3. The Hall–Kier alpha value is -2.97. The van der Waals surface area contributed by atoms with E-state index >= 15 is 0 Å². The van der Waals surface area contributed by atoms with Crippen LogP contribution in [0.5, 0.6) is 5.75 Å². The molecule has 1 N–H and O–H groups in total. The number of fused-ring (bicyclic) bond motifs is 1. The zero-order valence-corrected chi connectivity index (χ0v) is 17.1. The van der Waals surface area contributed by atoms with Crippen molar-refractivity contribution in [3.05, 3.63) is 71.7 Å². The van der Waals surface area contributed by atoms with Gasteiger partial charge in [-0.15, -0.1) is 11.3 Å². The van der Waals surface area contributed by atoms with Crippen molar-refractivity contribution in [3.63, 3.8) is 0 Å². The van der Waals surface area contributed by atoms with E-state index in [1.807, 2.05) is 24.3 Å². The molecule has 0 fully saturated rings. The predicted molar refractivity (Wildman–Crippen MR) is 114 cm³/mol. The highest BCUT2D eigenvalue weighted by molar-refractivity contribution is 7.93. The fourth-order valence-corrected chi connectivity index (χ4v) is 4.98. The third-order valence-corrected chi connectivity index (χ3v) is 6.68. The quantitative estimate of drug-likeness (QED) is 0.456. The summed E-state index contributed by atoms with van der Waals surface area (Å²) in [6.07, 6.45) is 1.54. The minimum absolute atomic E-state index is 0.150. The van der Waals surface area contributed by atoms with E-state index in [0.29, 0.717) is 16.4 Å². The molecule has 148 valence electrons. The van der Waals surface area contributed by atoms with Crippen LogP contribution in [-0.2, 0) is 16.7 Å². The number of alkyl halides is 1. The normalized spacial score (nSPS) is 11.5. The van der Waals surface area contributed by atoms with Crippen LogP contribution in [0.1, 0.15) is 5.56 Å². The zero-order valence-electron chi connectivity index (χ0n) is 15.4. The summed E-state index contributed by atoms with van der Waals surface area (Å²) in [4.78, 5) is 4.11. The van der Waals surface area contributed by atoms with Gasteiger partial charge in [-0.05, 0) is 40.1 Å². The number of nitrogens with one attached hydrogen (secondary N) is 1. The van der Waals surface area contributed by atoms with Gasteiger partial charge in [0.05, 0.1) is 12.0 Å². The number of sulfonamides is 1. The second-order valence-corrected chi connectivity index (χ2v) is 8.88. The molecule has 0 saturated carbocycles. The molecule has 0 radical (unpaired) electrons. The Morgan fingerprint density at radius 2 is 1.97 bits per heavy atom. The number of anilines is 1. The molecular formula is C21H17FN2O3S2. The summed E-state index contributed by atoms with van der Waals surface area (Å²) in [5.74, 6) is 0.565. The van der Waals surface area contributed by atoms with Gasteiger partial charge in [0.1, 0.15) is 12.4 Å². The van der Waals surface area contributed by atoms with Crippen molar-refractivity contribution in [2.45, 2.75) is 11.6 Å². The maximum absolute atomic E-state index is 13.0. The van der Waals surface area contributed by atoms with E-state index in [-0.39, 0.29) is 4.90 Å². The Kier molecular flexibility index (Phi) is 5.21. The van der Waals surface area contributed by atoms with E-state index in [1.54, 1.807) is 42.8 Å². The van der Waals surface area contributed by atoms with Gasteiger partial charge in [-0.2, -0.15) is 0 Å². The Balaban J connectivity index is 1.80. The van der Waals surface area contributed by atoms with E-state index < -0.39 is 16.7 Å². The topological polar surface area (TPSA) is 68.3 Å². The van der Waals surface area contributed by atoms with Gasteiger partial charge in [0.2, 0.25) is 0 Å². The number of hydrogen-bond donors (Lipinski definition) is 1. The van der Waals surface area contributed by atoms with E-state index in [2.05, 4.69) is 9.71 Å². The second-order valence-electron chi connectivity index (χ2n) is 6.30. The Bertz CT molecular complexity index is 1270. The summed E-state index contributed by atoms with van der Waals surface area (Å²) >= 11 is 1.21. The number of hydrogen-bond acceptors (Lipinski definition) is 5. The molecule has 4 aromatic rings. The number of ether oxygens (including phenoxy) is 1. The lowest BCUT2D eigenvalue weighted by Gasteiger charge is -2.13. The first-order valence-electron chi connectivity index (χ1n) is 8.70. The van der Waals surface area contributed by atoms with E-state index in [1.165, 1.54) is 17.5 Å². The maximum Gasteiger partial charge on any atom is 0.263 e. The van der Waals surface area contributed by atoms with Crippen LogP contribution in [0.2, 0.25) is 0 Å². The van der Waals surface area contributed by atoms with Crippen molar-refractivity contribution in [1.82, 2.24) is 4.98 Å². The van der Waals surface area contributed by atoms with Gasteiger partial charge < -0.3 is 4.74 Å². The number of aromatic nitrogens is 1. The number of nitrogens with zero attached hydrogens (tertiary/aromatic N) is 1. The largest absolute Gasteiger partial charge is 0.496 e. The number of halogens is 1. The first-order valence-corrected chi connectivity index (χ1v) is 11.1. The Morgan fingerprint density at radius 1 is 1.10 bits per heavy atom. The van der Waals surface area contributed by atoms with Crippen LogP contribution < -0.4 is 9.46 Å². The Labute approximate surface area is 171 Å². The summed E-state index contributed by atoms with van der Waals surface area (Å²) in [7, 11) is -2.20. The minimum atomic E-state index is -3.74. The summed E-state index contributed by atoms with van der Waals surface area (Å²) in [6, 6.07) is 15.8. The standard InChI is InChI=1S/C21H17FN2O3S2/c1-27-20-11-14(13-22)5-7-19(20)18-4-2-3-15-12-16(6-8-17(15)18)29(25,26)24-21-23-9-10-28-21/h2-12H,13H2,1H3,(H,23,24). The van der Waals surface area contributed by atoms with Gasteiger partial charge in [0.25, 0.3) is 10.0 Å².